The second kappa shape index (κ2) is 4.88. The van der Waals surface area contributed by atoms with Crippen molar-refractivity contribution >= 4 is 5.91 Å². The molecule has 0 aliphatic carbocycles. The summed E-state index contributed by atoms with van der Waals surface area (Å²) in [4.78, 5) is 14.1. The largest absolute Gasteiger partial charge is 0.379 e. The Morgan fingerprint density at radius 1 is 1.35 bits per heavy atom. The van der Waals surface area contributed by atoms with Crippen molar-refractivity contribution in [3.8, 4) is 0 Å². The van der Waals surface area contributed by atoms with Crippen LogP contribution in [0.25, 0.3) is 0 Å². The molecule has 1 saturated heterocycles. The summed E-state index contributed by atoms with van der Waals surface area (Å²) in [5.74, 6) is 0.204. The van der Waals surface area contributed by atoms with Crippen molar-refractivity contribution < 1.29 is 9.53 Å². The van der Waals surface area contributed by atoms with Crippen LogP contribution in [0.1, 0.15) is 18.9 Å². The summed E-state index contributed by atoms with van der Waals surface area (Å²) >= 11 is 0. The summed E-state index contributed by atoms with van der Waals surface area (Å²) in [6, 6.07) is 10.1. The molecule has 3 heteroatoms. The molecule has 1 heterocycles. The fourth-order valence-electron chi connectivity index (χ4n) is 2.16. The van der Waals surface area contributed by atoms with E-state index < -0.39 is 0 Å². The predicted octanol–water partition coefficient (Wildman–Crippen LogP) is 2.07. The van der Waals surface area contributed by atoms with Gasteiger partial charge in [0.2, 0.25) is 5.91 Å². The maximum absolute atomic E-state index is 12.3. The van der Waals surface area contributed by atoms with Gasteiger partial charge in [0.15, 0.2) is 0 Å². The Morgan fingerprint density at radius 2 is 2.00 bits per heavy atom. The number of hydrogen-bond acceptors (Lipinski definition) is 2. The first kappa shape index (κ1) is 12.1. The van der Waals surface area contributed by atoms with Gasteiger partial charge >= 0.3 is 0 Å². The minimum Gasteiger partial charge on any atom is -0.379 e. The maximum atomic E-state index is 12.3. The van der Waals surface area contributed by atoms with Crippen molar-refractivity contribution in [1.29, 1.82) is 0 Å². The third-order valence-corrected chi connectivity index (χ3v) is 3.50. The fraction of sp³-hybridized carbons (Fsp3) is 0.500. The van der Waals surface area contributed by atoms with E-state index in [1.54, 1.807) is 4.90 Å². The van der Waals surface area contributed by atoms with E-state index >= 15 is 0 Å². The Hall–Kier alpha value is -1.35. The highest BCUT2D eigenvalue weighted by Gasteiger charge is 2.45. The van der Waals surface area contributed by atoms with Crippen molar-refractivity contribution in [2.24, 2.45) is 5.41 Å². The Labute approximate surface area is 102 Å². The molecule has 1 amide bonds. The van der Waals surface area contributed by atoms with E-state index in [0.717, 1.165) is 12.0 Å². The first-order valence-corrected chi connectivity index (χ1v) is 6.05. The third kappa shape index (κ3) is 2.34. The Bertz CT molecular complexity index is 379. The van der Waals surface area contributed by atoms with E-state index in [2.05, 4.69) is 6.92 Å². The zero-order valence-corrected chi connectivity index (χ0v) is 10.5. The minimum absolute atomic E-state index is 0.204. The number of ether oxygens (including phenoxy) is 1. The van der Waals surface area contributed by atoms with Crippen LogP contribution >= 0.6 is 0 Å². The van der Waals surface area contributed by atoms with Crippen LogP contribution < -0.4 is 0 Å². The quantitative estimate of drug-likeness (QED) is 0.796. The van der Waals surface area contributed by atoms with Gasteiger partial charge in [-0.1, -0.05) is 37.3 Å². The Balaban J connectivity index is 2.00. The lowest BCUT2D eigenvalue weighted by atomic mass is 9.81. The lowest BCUT2D eigenvalue weighted by molar-refractivity contribution is -0.172. The SMILES string of the molecule is CCC1(C(=O)N(C)Cc2ccccc2)COC1. The van der Waals surface area contributed by atoms with Gasteiger partial charge in [-0.15, -0.1) is 0 Å². The highest BCUT2D eigenvalue weighted by molar-refractivity contribution is 5.83. The Kier molecular flexibility index (Phi) is 3.48. The van der Waals surface area contributed by atoms with E-state index in [-0.39, 0.29) is 11.3 Å². The molecule has 1 aliphatic rings. The normalized spacial score (nSPS) is 17.3. The zero-order valence-electron chi connectivity index (χ0n) is 10.5. The van der Waals surface area contributed by atoms with Gasteiger partial charge in [-0.25, -0.2) is 0 Å². The van der Waals surface area contributed by atoms with Gasteiger partial charge in [0, 0.05) is 13.6 Å². The van der Waals surface area contributed by atoms with Gasteiger partial charge in [-0.3, -0.25) is 4.79 Å². The smallest absolute Gasteiger partial charge is 0.233 e. The lowest BCUT2D eigenvalue weighted by Crippen LogP contribution is -2.53. The summed E-state index contributed by atoms with van der Waals surface area (Å²) in [5.41, 5.74) is 0.902. The van der Waals surface area contributed by atoms with Crippen LogP contribution in [-0.2, 0) is 16.1 Å². The molecule has 2 rings (SSSR count). The molecule has 1 aliphatic heterocycles. The number of benzene rings is 1. The molecule has 0 atom stereocenters. The van der Waals surface area contributed by atoms with Crippen LogP contribution in [0.5, 0.6) is 0 Å². The van der Waals surface area contributed by atoms with Crippen LogP contribution in [0.2, 0.25) is 0 Å². The molecule has 17 heavy (non-hydrogen) atoms. The molecule has 1 fully saturated rings. The van der Waals surface area contributed by atoms with Crippen LogP contribution in [0.15, 0.2) is 30.3 Å². The molecule has 0 aromatic heterocycles. The highest BCUT2D eigenvalue weighted by Crippen LogP contribution is 2.33. The van der Waals surface area contributed by atoms with E-state index in [0.29, 0.717) is 19.8 Å². The Morgan fingerprint density at radius 3 is 2.47 bits per heavy atom. The molecule has 0 bridgehead atoms. The van der Waals surface area contributed by atoms with Gasteiger partial charge in [0.25, 0.3) is 0 Å². The number of amides is 1. The van der Waals surface area contributed by atoms with Crippen molar-refractivity contribution in [3.05, 3.63) is 35.9 Å². The molecule has 3 nitrogen and oxygen atoms in total. The molecule has 0 unspecified atom stereocenters. The van der Waals surface area contributed by atoms with Crippen LogP contribution in [0.3, 0.4) is 0 Å². The second-order valence-corrected chi connectivity index (χ2v) is 4.77. The van der Waals surface area contributed by atoms with Crippen LogP contribution in [-0.4, -0.2) is 31.1 Å². The van der Waals surface area contributed by atoms with E-state index in [4.69, 9.17) is 4.74 Å². The summed E-state index contributed by atoms with van der Waals surface area (Å²) in [5, 5.41) is 0. The minimum atomic E-state index is -0.260. The predicted molar refractivity (Wildman–Crippen MR) is 66.5 cm³/mol. The third-order valence-electron chi connectivity index (χ3n) is 3.50. The molecule has 1 aromatic carbocycles. The van der Waals surface area contributed by atoms with Gasteiger partial charge in [-0.2, -0.15) is 0 Å². The number of carbonyl (C=O) groups is 1. The first-order valence-electron chi connectivity index (χ1n) is 6.05. The molecular formula is C14H19NO2. The zero-order chi connectivity index (χ0) is 12.3. The van der Waals surface area contributed by atoms with E-state index in [1.807, 2.05) is 37.4 Å². The van der Waals surface area contributed by atoms with Crippen LogP contribution in [0.4, 0.5) is 0 Å². The maximum Gasteiger partial charge on any atom is 0.233 e. The first-order chi connectivity index (χ1) is 8.18. The van der Waals surface area contributed by atoms with Crippen LogP contribution in [0, 0.1) is 5.41 Å². The molecule has 0 N–H and O–H groups in total. The van der Waals surface area contributed by atoms with Gasteiger partial charge in [0.1, 0.15) is 0 Å². The van der Waals surface area contributed by atoms with Crippen molar-refractivity contribution in [2.75, 3.05) is 20.3 Å². The molecule has 92 valence electrons. The average molecular weight is 233 g/mol. The van der Waals surface area contributed by atoms with Crippen molar-refractivity contribution in [3.63, 3.8) is 0 Å². The summed E-state index contributed by atoms with van der Waals surface area (Å²) in [6.45, 7) is 3.86. The summed E-state index contributed by atoms with van der Waals surface area (Å²) < 4.78 is 5.20. The molecular weight excluding hydrogens is 214 g/mol. The summed E-state index contributed by atoms with van der Waals surface area (Å²) in [7, 11) is 1.87. The monoisotopic (exact) mass is 233 g/mol. The topological polar surface area (TPSA) is 29.5 Å². The number of rotatable bonds is 4. The number of hydrogen-bond donors (Lipinski definition) is 0. The molecule has 1 aromatic rings. The van der Waals surface area contributed by atoms with Gasteiger partial charge in [0.05, 0.1) is 18.6 Å². The van der Waals surface area contributed by atoms with Crippen molar-refractivity contribution in [2.45, 2.75) is 19.9 Å². The van der Waals surface area contributed by atoms with E-state index in [1.165, 1.54) is 0 Å². The molecule has 0 saturated carbocycles. The number of carbonyl (C=O) groups excluding carboxylic acids is 1. The number of nitrogens with zero attached hydrogens (tertiary/aromatic N) is 1. The average Bonchev–Trinajstić information content (AvgIpc) is 2.29. The summed E-state index contributed by atoms with van der Waals surface area (Å²) in [6.07, 6.45) is 0.852. The van der Waals surface area contributed by atoms with E-state index in [9.17, 15) is 4.79 Å². The van der Waals surface area contributed by atoms with Crippen molar-refractivity contribution in [1.82, 2.24) is 4.90 Å². The molecule has 0 radical (unpaired) electrons. The highest BCUT2D eigenvalue weighted by atomic mass is 16.5. The van der Waals surface area contributed by atoms with Gasteiger partial charge < -0.3 is 9.64 Å². The van der Waals surface area contributed by atoms with Gasteiger partial charge in [-0.05, 0) is 12.0 Å². The molecule has 0 spiro atoms. The second-order valence-electron chi connectivity index (χ2n) is 4.77. The lowest BCUT2D eigenvalue weighted by Gasteiger charge is -2.41. The standard InChI is InChI=1S/C14H19NO2/c1-3-14(10-17-11-14)13(16)15(2)9-12-7-5-4-6-8-12/h4-8H,3,9-11H2,1-2H3. The fourth-order valence-corrected chi connectivity index (χ4v) is 2.16.